The van der Waals surface area contributed by atoms with Gasteiger partial charge in [0.05, 0.1) is 25.4 Å². The molecule has 7 heteroatoms. The molecule has 120 valence electrons. The second-order valence-corrected chi connectivity index (χ2v) is 4.90. The van der Waals surface area contributed by atoms with Crippen LogP contribution in [0.2, 0.25) is 0 Å². The average Bonchev–Trinajstić information content (AvgIpc) is 3.32. The van der Waals surface area contributed by atoms with E-state index in [0.717, 1.165) is 5.56 Å². The van der Waals surface area contributed by atoms with Gasteiger partial charge in [0.15, 0.2) is 11.5 Å². The van der Waals surface area contributed by atoms with Crippen molar-refractivity contribution in [2.45, 2.75) is 6.54 Å². The summed E-state index contributed by atoms with van der Waals surface area (Å²) in [5, 5.41) is 3.84. The summed E-state index contributed by atoms with van der Waals surface area (Å²) in [5.74, 6) is 0.688. The first kappa shape index (κ1) is 15.1. The Balaban J connectivity index is 1.77. The predicted molar refractivity (Wildman–Crippen MR) is 79.5 cm³/mol. The third-order valence-corrected chi connectivity index (χ3v) is 3.30. The van der Waals surface area contributed by atoms with Crippen LogP contribution in [-0.2, 0) is 11.3 Å². The zero-order valence-electron chi connectivity index (χ0n) is 12.6. The summed E-state index contributed by atoms with van der Waals surface area (Å²) in [6.07, 6.45) is 4.70. The van der Waals surface area contributed by atoms with Crippen LogP contribution in [-0.4, -0.2) is 36.2 Å². The average molecular weight is 316 g/mol. The van der Waals surface area contributed by atoms with Crippen molar-refractivity contribution in [2.75, 3.05) is 20.3 Å². The highest BCUT2D eigenvalue weighted by atomic mass is 16.5. The number of amides is 1. The van der Waals surface area contributed by atoms with Crippen molar-refractivity contribution < 1.29 is 22.9 Å². The highest BCUT2D eigenvalue weighted by molar-refractivity contribution is 5.93. The van der Waals surface area contributed by atoms with Gasteiger partial charge in [-0.05, 0) is 18.2 Å². The van der Waals surface area contributed by atoms with Crippen molar-refractivity contribution in [3.8, 4) is 11.5 Å². The molecule has 23 heavy (non-hydrogen) atoms. The molecule has 7 nitrogen and oxygen atoms in total. The van der Waals surface area contributed by atoms with Crippen molar-refractivity contribution >= 4 is 5.91 Å². The second kappa shape index (κ2) is 6.97. The maximum absolute atomic E-state index is 12.6. The SMILES string of the molecule is COCCN(Cc1ccoc1)C(=O)c1cc(-c2ccco2)on1. The first-order valence-electron chi connectivity index (χ1n) is 7.08. The zero-order chi connectivity index (χ0) is 16.1. The minimum atomic E-state index is -0.246. The Morgan fingerprint density at radius 3 is 2.91 bits per heavy atom. The van der Waals surface area contributed by atoms with Crippen LogP contribution < -0.4 is 0 Å². The largest absolute Gasteiger partial charge is 0.472 e. The van der Waals surface area contributed by atoms with E-state index in [4.69, 9.17) is 18.1 Å². The number of hydrogen-bond donors (Lipinski definition) is 0. The van der Waals surface area contributed by atoms with Crippen LogP contribution >= 0.6 is 0 Å². The third-order valence-electron chi connectivity index (χ3n) is 3.30. The fraction of sp³-hybridized carbons (Fsp3) is 0.250. The molecule has 3 heterocycles. The van der Waals surface area contributed by atoms with Crippen LogP contribution in [0.1, 0.15) is 16.1 Å². The van der Waals surface area contributed by atoms with Crippen LogP contribution in [0, 0.1) is 0 Å². The summed E-state index contributed by atoms with van der Waals surface area (Å²) >= 11 is 0. The van der Waals surface area contributed by atoms with E-state index in [1.807, 2.05) is 6.07 Å². The van der Waals surface area contributed by atoms with Crippen LogP contribution in [0.5, 0.6) is 0 Å². The summed E-state index contributed by atoms with van der Waals surface area (Å²) < 4.78 is 20.5. The van der Waals surface area contributed by atoms with Crippen molar-refractivity contribution in [3.05, 3.63) is 54.3 Å². The molecule has 0 saturated heterocycles. The van der Waals surface area contributed by atoms with Crippen LogP contribution in [0.4, 0.5) is 0 Å². The van der Waals surface area contributed by atoms with Crippen LogP contribution in [0.3, 0.4) is 0 Å². The fourth-order valence-corrected chi connectivity index (χ4v) is 2.13. The van der Waals surface area contributed by atoms with Gasteiger partial charge >= 0.3 is 0 Å². The molecule has 3 aromatic heterocycles. The summed E-state index contributed by atoms with van der Waals surface area (Å²) in [6.45, 7) is 1.26. The maximum Gasteiger partial charge on any atom is 0.276 e. The Labute approximate surface area is 132 Å². The number of methoxy groups -OCH3 is 1. The lowest BCUT2D eigenvalue weighted by molar-refractivity contribution is 0.0670. The number of nitrogens with zero attached hydrogens (tertiary/aromatic N) is 2. The number of furan rings is 2. The predicted octanol–water partition coefficient (Wildman–Crippen LogP) is 2.82. The van der Waals surface area contributed by atoms with Gasteiger partial charge in [0.1, 0.15) is 0 Å². The zero-order valence-corrected chi connectivity index (χ0v) is 12.6. The first-order valence-corrected chi connectivity index (χ1v) is 7.08. The smallest absolute Gasteiger partial charge is 0.276 e. The number of carbonyl (C=O) groups excluding carboxylic acids is 1. The summed E-state index contributed by atoms with van der Waals surface area (Å²) in [6, 6.07) is 6.85. The molecule has 0 N–H and O–H groups in total. The van der Waals surface area contributed by atoms with Gasteiger partial charge < -0.3 is 23.0 Å². The van der Waals surface area contributed by atoms with E-state index in [1.165, 1.54) is 6.26 Å². The molecule has 0 spiro atoms. The molecule has 0 atom stereocenters. The molecule has 0 fully saturated rings. The molecule has 0 aliphatic carbocycles. The lowest BCUT2D eigenvalue weighted by Gasteiger charge is -2.20. The van der Waals surface area contributed by atoms with E-state index in [9.17, 15) is 4.79 Å². The molecule has 0 unspecified atom stereocenters. The highest BCUT2D eigenvalue weighted by Crippen LogP contribution is 2.21. The molecule has 0 radical (unpaired) electrons. The molecule has 0 saturated carbocycles. The van der Waals surface area contributed by atoms with E-state index in [1.54, 1.807) is 42.7 Å². The van der Waals surface area contributed by atoms with Gasteiger partial charge in [0.25, 0.3) is 5.91 Å². The molecule has 0 aliphatic heterocycles. The van der Waals surface area contributed by atoms with Crippen molar-refractivity contribution in [1.82, 2.24) is 10.1 Å². The minimum Gasteiger partial charge on any atom is -0.472 e. The molecule has 0 aromatic carbocycles. The fourth-order valence-electron chi connectivity index (χ4n) is 2.13. The van der Waals surface area contributed by atoms with Gasteiger partial charge in [0, 0.05) is 31.8 Å². The molecule has 3 aromatic rings. The number of aromatic nitrogens is 1. The van der Waals surface area contributed by atoms with Crippen LogP contribution in [0.15, 0.2) is 56.4 Å². The van der Waals surface area contributed by atoms with Gasteiger partial charge in [-0.1, -0.05) is 5.16 Å². The Kier molecular flexibility index (Phi) is 4.58. The van der Waals surface area contributed by atoms with E-state index >= 15 is 0 Å². The molecular formula is C16H16N2O5. The Morgan fingerprint density at radius 2 is 2.22 bits per heavy atom. The van der Waals surface area contributed by atoms with Gasteiger partial charge in [-0.2, -0.15) is 0 Å². The molecule has 0 aliphatic rings. The van der Waals surface area contributed by atoms with Crippen molar-refractivity contribution in [1.29, 1.82) is 0 Å². The molecule has 0 bridgehead atoms. The van der Waals surface area contributed by atoms with Crippen molar-refractivity contribution in [3.63, 3.8) is 0 Å². The highest BCUT2D eigenvalue weighted by Gasteiger charge is 2.21. The summed E-state index contributed by atoms with van der Waals surface area (Å²) in [4.78, 5) is 14.3. The lowest BCUT2D eigenvalue weighted by atomic mass is 10.2. The number of carbonyl (C=O) groups is 1. The Morgan fingerprint density at radius 1 is 1.30 bits per heavy atom. The second-order valence-electron chi connectivity index (χ2n) is 4.90. The number of rotatable bonds is 7. The van der Waals surface area contributed by atoms with Crippen LogP contribution in [0.25, 0.3) is 11.5 Å². The maximum atomic E-state index is 12.6. The Hall–Kier alpha value is -2.80. The van der Waals surface area contributed by atoms with Gasteiger partial charge in [-0.3, -0.25) is 4.79 Å². The van der Waals surface area contributed by atoms with Gasteiger partial charge in [-0.15, -0.1) is 0 Å². The normalized spacial score (nSPS) is 10.8. The van der Waals surface area contributed by atoms with E-state index < -0.39 is 0 Å². The van der Waals surface area contributed by atoms with E-state index in [-0.39, 0.29) is 11.6 Å². The molecule has 1 amide bonds. The van der Waals surface area contributed by atoms with E-state index in [0.29, 0.717) is 31.2 Å². The summed E-state index contributed by atoms with van der Waals surface area (Å²) in [5.41, 5.74) is 1.11. The lowest BCUT2D eigenvalue weighted by Crippen LogP contribution is -2.33. The molecule has 3 rings (SSSR count). The quantitative estimate of drug-likeness (QED) is 0.666. The Bertz CT molecular complexity index is 730. The van der Waals surface area contributed by atoms with E-state index in [2.05, 4.69) is 5.16 Å². The monoisotopic (exact) mass is 316 g/mol. The van der Waals surface area contributed by atoms with Crippen molar-refractivity contribution in [2.24, 2.45) is 0 Å². The third kappa shape index (κ3) is 3.51. The number of ether oxygens (including phenoxy) is 1. The topological polar surface area (TPSA) is 81.9 Å². The minimum absolute atomic E-state index is 0.219. The summed E-state index contributed by atoms with van der Waals surface area (Å²) in [7, 11) is 1.59. The van der Waals surface area contributed by atoms with Gasteiger partial charge in [0.2, 0.25) is 5.76 Å². The van der Waals surface area contributed by atoms with Gasteiger partial charge in [-0.25, -0.2) is 0 Å². The standard InChI is InChI=1S/C16H16N2O5/c1-20-8-5-18(10-12-4-7-21-11-12)16(19)13-9-15(23-17-13)14-3-2-6-22-14/h2-4,6-7,9,11H,5,8,10H2,1H3. The molecular weight excluding hydrogens is 300 g/mol. The number of hydrogen-bond acceptors (Lipinski definition) is 6. The first-order chi connectivity index (χ1) is 11.3.